The Hall–Kier alpha value is -7.02. The predicted molar refractivity (Wildman–Crippen MR) is 557 cm³/mol. The van der Waals surface area contributed by atoms with Gasteiger partial charge in [-0.1, -0.05) is 461 Å². The molecule has 2 fully saturated rings. The number of rotatable bonds is 81. The Bertz CT molecular complexity index is 4110. The van der Waals surface area contributed by atoms with Gasteiger partial charge in [-0.25, -0.2) is 4.57 Å². The molecule has 5 aromatic rings. The second kappa shape index (κ2) is 74.8. The molecule has 0 saturated carbocycles. The Morgan fingerprint density at radius 2 is 0.771 bits per heavy atom. The number of ether oxygens (including phenoxy) is 10. The highest BCUT2D eigenvalue weighted by molar-refractivity contribution is 7.99. The molecule has 3 aliphatic heterocycles. The number of nitrogens with one attached hydrogen (secondary N) is 1. The van der Waals surface area contributed by atoms with Crippen LogP contribution in [0.1, 0.15) is 416 Å². The van der Waals surface area contributed by atoms with Crippen LogP contribution in [0.3, 0.4) is 0 Å². The van der Waals surface area contributed by atoms with Gasteiger partial charge in [0, 0.05) is 22.6 Å². The summed E-state index contributed by atoms with van der Waals surface area (Å²) in [6.45, 7) is 10.1. The Labute approximate surface area is 845 Å². The minimum atomic E-state index is -4.81. The van der Waals surface area contributed by atoms with E-state index in [1.54, 1.807) is 0 Å². The van der Waals surface area contributed by atoms with Crippen molar-refractivity contribution in [2.24, 2.45) is 5.11 Å². The highest BCUT2D eigenvalue weighted by Crippen LogP contribution is 2.56. The number of nitrogens with zero attached hydrogens (tertiary/aromatic N) is 3. The zero-order valence-corrected chi connectivity index (χ0v) is 87.9. The molecule has 782 valence electrons. The van der Waals surface area contributed by atoms with E-state index in [1.165, 1.54) is 134 Å². The summed E-state index contributed by atoms with van der Waals surface area (Å²) in [6.07, 6.45) is 38.2. The van der Waals surface area contributed by atoms with Gasteiger partial charge >= 0.3 is 31.7 Å². The zero-order valence-electron chi connectivity index (χ0n) is 86.2. The van der Waals surface area contributed by atoms with Crippen molar-refractivity contribution in [3.8, 4) is 0 Å². The molecule has 2 saturated heterocycles. The van der Waals surface area contributed by atoms with E-state index in [2.05, 4.69) is 50.0 Å². The number of phosphoric ester groups is 1. The van der Waals surface area contributed by atoms with Gasteiger partial charge in [0.1, 0.15) is 60.2 Å². The molecule has 0 spiro atoms. The van der Waals surface area contributed by atoms with Crippen molar-refractivity contribution >= 4 is 49.4 Å². The second-order valence-corrected chi connectivity index (χ2v) is 41.9. The highest BCUT2D eigenvalue weighted by atomic mass is 32.2. The number of benzene rings is 5. The van der Waals surface area contributed by atoms with E-state index in [4.69, 9.17) is 60.9 Å². The van der Waals surface area contributed by atoms with E-state index in [1.807, 2.05) is 146 Å². The zero-order chi connectivity index (χ0) is 99.2. The normalized spacial score (nSPS) is 19.6. The lowest BCUT2D eigenvalue weighted by atomic mass is 9.95. The topological polar surface area (TPSA) is 283 Å². The maximum Gasteiger partial charge on any atom is 0.475 e. The fourth-order valence-electron chi connectivity index (χ4n) is 18.8. The van der Waals surface area contributed by atoms with Gasteiger partial charge in [-0.05, 0) is 90.4 Å². The van der Waals surface area contributed by atoms with Gasteiger partial charge in [0.15, 0.2) is 12.4 Å². The lowest BCUT2D eigenvalue weighted by Gasteiger charge is -2.47. The van der Waals surface area contributed by atoms with Crippen LogP contribution in [0.2, 0.25) is 0 Å². The monoisotopic (exact) mass is 1980 g/mol. The molecular formula is C115H177N4O19PS. The molecule has 0 aliphatic carbocycles. The largest absolute Gasteiger partial charge is 0.475 e. The maximum atomic E-state index is 16.1. The fourth-order valence-corrected chi connectivity index (χ4v) is 21.3. The van der Waals surface area contributed by atoms with E-state index in [0.29, 0.717) is 56.1 Å². The lowest BCUT2D eigenvalue weighted by Crippen LogP contribution is -2.67. The van der Waals surface area contributed by atoms with Crippen LogP contribution in [0.25, 0.3) is 10.4 Å². The van der Waals surface area contributed by atoms with Crippen LogP contribution in [-0.4, -0.2) is 122 Å². The van der Waals surface area contributed by atoms with E-state index in [9.17, 15) is 15.1 Å². The molecule has 5 aromatic carbocycles. The van der Waals surface area contributed by atoms with Gasteiger partial charge in [0.05, 0.1) is 71.6 Å². The molecule has 0 aromatic heterocycles. The average molecular weight is 1980 g/mol. The number of esters is 4. The summed E-state index contributed by atoms with van der Waals surface area (Å²) in [7, 11) is -4.81. The first-order valence-corrected chi connectivity index (χ1v) is 57.4. The molecule has 3 aliphatic rings. The quantitative estimate of drug-likeness (QED) is 0.00720. The first kappa shape index (κ1) is 118. The average Bonchev–Trinajstić information content (AvgIpc) is 1.44. The number of unbranched alkanes of at least 4 members (excludes halogenated alkanes) is 42. The summed E-state index contributed by atoms with van der Waals surface area (Å²) >= 11 is 1.26. The molecule has 1 amide bonds. The Morgan fingerprint density at radius 1 is 0.400 bits per heavy atom. The molecule has 13 atom stereocenters. The minimum Gasteiger partial charge on any atom is -0.462 e. The summed E-state index contributed by atoms with van der Waals surface area (Å²) in [4.78, 5) is 80.6. The number of hydrogen-bond donors (Lipinski definition) is 1. The summed E-state index contributed by atoms with van der Waals surface area (Å²) in [5.41, 5.74) is 13.6. The molecule has 0 radical (unpaired) electrons. The van der Waals surface area contributed by atoms with Gasteiger partial charge in [-0.15, -0.1) is 0 Å². The minimum absolute atomic E-state index is 0.0370. The first-order valence-electron chi connectivity index (χ1n) is 55.0. The lowest BCUT2D eigenvalue weighted by molar-refractivity contribution is -0.287. The summed E-state index contributed by atoms with van der Waals surface area (Å²) in [5.74, 6) is -2.95. The van der Waals surface area contributed by atoms with Gasteiger partial charge in [-0.3, -0.25) is 37.5 Å². The Kier molecular flexibility index (Phi) is 63.2. The van der Waals surface area contributed by atoms with Gasteiger partial charge in [0.25, 0.3) is 0 Å². The van der Waals surface area contributed by atoms with Crippen molar-refractivity contribution in [3.63, 3.8) is 0 Å². The van der Waals surface area contributed by atoms with E-state index in [-0.39, 0.29) is 65.3 Å². The molecule has 25 heteroatoms. The third-order valence-electron chi connectivity index (χ3n) is 27.0. The van der Waals surface area contributed by atoms with Crippen molar-refractivity contribution in [1.82, 2.24) is 5.32 Å². The number of fused-ring (bicyclic) bond motifs is 1. The third-order valence-corrected chi connectivity index (χ3v) is 29.6. The number of carbonyl (C=O) groups excluding carboxylic acids is 5. The second-order valence-electron chi connectivity index (χ2n) is 39.1. The van der Waals surface area contributed by atoms with Crippen LogP contribution in [-0.2, 0) is 123 Å². The van der Waals surface area contributed by atoms with Crippen LogP contribution in [0.15, 0.2) is 156 Å². The SMILES string of the molecule is CCCCCCCCCCCCCC(=O)O[C@H](CCCCCCCCCCC)CC(=O)O[C@@H]1[C@@H](NC(=O)C[C@@H](CCCCCCCCCCC)OC(=O)CCCCCCCCCCC)[C@H](OC[C@H]2O[C@H](Sc3ccccc3)[C@H](N=[N+]=[N-])[C@@H](OC(=O)C[C@@H](CCCCCCCCCCC)OCc3ccccc3)[C@@H]2OCc2ccccc2)O[C@H](COCc2ccccc2)[C@H]1OP1(=O)OCc2ccccc2CO1. The van der Waals surface area contributed by atoms with Gasteiger partial charge < -0.3 is 52.7 Å². The predicted octanol–water partition coefficient (Wildman–Crippen LogP) is 30.2. The number of azide groups is 1. The number of thioether (sulfide) groups is 1. The molecule has 8 rings (SSSR count). The van der Waals surface area contributed by atoms with Crippen LogP contribution in [0.4, 0.5) is 0 Å². The molecular weight excluding hydrogens is 1800 g/mol. The van der Waals surface area contributed by atoms with Crippen molar-refractivity contribution in [3.05, 3.63) is 184 Å². The smallest absolute Gasteiger partial charge is 0.462 e. The Morgan fingerprint density at radius 3 is 1.21 bits per heavy atom. The third kappa shape index (κ3) is 50.2. The maximum absolute atomic E-state index is 16.1. The van der Waals surface area contributed by atoms with Gasteiger partial charge in [0.2, 0.25) is 5.91 Å². The molecule has 23 nitrogen and oxygen atoms in total. The van der Waals surface area contributed by atoms with E-state index >= 15 is 18.9 Å². The van der Waals surface area contributed by atoms with Crippen molar-refractivity contribution < 1.29 is 89.5 Å². The molecule has 1 N–H and O–H groups in total. The standard InChI is InChI=1S/C115H177N4O19PS/c1-6-11-16-21-26-31-32-37-42-47-64-81-105(122)133-99(77-60-45-40-35-29-24-19-14-9-4)84-107(124)136-112-108(117-103(120)82-98(76-59-44-39-34-28-23-18-13-8-3)132-104(121)80-63-46-41-36-30-25-20-15-10-5)114(134-101(90-126-85-92-67-52-48-53-68-92)111(112)138-139(125)130-88-95-73-65-66-74-96(95)89-131-139)129-91-102-110(128-87-94-71-56-50-57-72-94)113(109(118-119-116)115(135-102)140-100-78-61-51-62-79-100)137-106(123)83-97(127-86-93-69-54-49-55-70-93)75-58-43-38-33-27-22-17-12-7-2/h48-57,61-62,65-74,78-79,97-99,101-102,108-115H,6-47,58-60,63-64,75-77,80-91H2,1-5H3,(H,117,120)/t97-,98-,99-,101-,102-,108-,109-,110-,111-,112-,113-,114-,115-/m1/s1. The van der Waals surface area contributed by atoms with Gasteiger partial charge in [-0.2, -0.15) is 0 Å². The summed E-state index contributed by atoms with van der Waals surface area (Å²) < 4.78 is 105. The number of phosphoric acid groups is 1. The fraction of sp³-hybridized carbons (Fsp3) is 0.696. The number of amides is 1. The van der Waals surface area contributed by atoms with Crippen molar-refractivity contribution in [2.45, 2.75) is 504 Å². The summed E-state index contributed by atoms with van der Waals surface area (Å²) in [6, 6.07) is 42.8. The molecule has 0 bridgehead atoms. The van der Waals surface area contributed by atoms with Crippen LogP contribution in [0, 0.1) is 0 Å². The van der Waals surface area contributed by atoms with Crippen molar-refractivity contribution in [1.29, 1.82) is 0 Å². The highest BCUT2D eigenvalue weighted by Gasteiger charge is 2.56. The molecule has 3 heterocycles. The molecule has 0 unspecified atom stereocenters. The Balaban J connectivity index is 1.23. The van der Waals surface area contributed by atoms with Crippen LogP contribution < -0.4 is 5.32 Å². The molecule has 140 heavy (non-hydrogen) atoms. The van der Waals surface area contributed by atoms with Crippen LogP contribution >= 0.6 is 19.6 Å². The van der Waals surface area contributed by atoms with E-state index in [0.717, 1.165) is 176 Å². The number of hydrogen-bond acceptors (Lipinski definition) is 21. The van der Waals surface area contributed by atoms with Crippen molar-refractivity contribution in [2.75, 3.05) is 13.2 Å². The van der Waals surface area contributed by atoms with Crippen LogP contribution in [0.5, 0.6) is 0 Å². The number of carbonyl (C=O) groups is 5. The van der Waals surface area contributed by atoms with E-state index < -0.39 is 129 Å². The summed E-state index contributed by atoms with van der Waals surface area (Å²) in [5, 5.41) is 7.69. The first-order chi connectivity index (χ1) is 68.7.